The third kappa shape index (κ3) is 3.34. The summed E-state index contributed by atoms with van der Waals surface area (Å²) in [5, 5.41) is 1.32. The minimum Gasteiger partial charge on any atom is -0.466 e. The van der Waals surface area contributed by atoms with E-state index >= 15 is 0 Å². The van der Waals surface area contributed by atoms with Crippen molar-refractivity contribution in [3.63, 3.8) is 0 Å². The van der Waals surface area contributed by atoms with E-state index in [0.717, 1.165) is 0 Å². The van der Waals surface area contributed by atoms with Gasteiger partial charge in [0.05, 0.1) is 7.11 Å². The summed E-state index contributed by atoms with van der Waals surface area (Å²) in [7, 11) is -0.267. The first-order valence-electron chi connectivity index (χ1n) is 5.30. The average molecular weight is 234 g/mol. The molecule has 0 spiro atoms. The molecule has 1 aromatic carbocycles. The summed E-state index contributed by atoms with van der Waals surface area (Å²) < 4.78 is 4.60. The number of hydrogen-bond donors (Lipinski definition) is 0. The van der Waals surface area contributed by atoms with Gasteiger partial charge in [-0.3, -0.25) is 0 Å². The highest BCUT2D eigenvalue weighted by Crippen LogP contribution is 2.06. The Labute approximate surface area is 98.0 Å². The van der Waals surface area contributed by atoms with Gasteiger partial charge in [0.25, 0.3) is 0 Å². The molecule has 0 aliphatic heterocycles. The minimum absolute atomic E-state index is 0.285. The molecule has 0 amide bonds. The number of esters is 1. The number of carbonyl (C=O) groups excluding carboxylic acids is 1. The van der Waals surface area contributed by atoms with Gasteiger partial charge in [-0.1, -0.05) is 53.8 Å². The maximum atomic E-state index is 11.1. The van der Waals surface area contributed by atoms with Gasteiger partial charge in [-0.15, -0.1) is 0 Å². The van der Waals surface area contributed by atoms with E-state index in [1.807, 2.05) is 5.70 Å². The Morgan fingerprint density at radius 3 is 2.31 bits per heavy atom. The van der Waals surface area contributed by atoms with Gasteiger partial charge in [-0.05, 0) is 6.92 Å². The molecule has 3 heteroatoms. The van der Waals surface area contributed by atoms with Crippen molar-refractivity contribution in [3.05, 3.63) is 41.6 Å². The molecule has 1 aromatic rings. The molecule has 16 heavy (non-hydrogen) atoms. The SMILES string of the molecule is COC(=O)/C=C/[Si](C)(C)c1ccc(C)cc1. The van der Waals surface area contributed by atoms with Crippen molar-refractivity contribution >= 4 is 19.2 Å². The summed E-state index contributed by atoms with van der Waals surface area (Å²) in [6.45, 7) is 6.48. The Morgan fingerprint density at radius 2 is 1.81 bits per heavy atom. The number of carbonyl (C=O) groups is 1. The van der Waals surface area contributed by atoms with Crippen molar-refractivity contribution in [3.8, 4) is 0 Å². The Bertz CT molecular complexity index is 391. The van der Waals surface area contributed by atoms with Crippen molar-refractivity contribution in [2.24, 2.45) is 0 Å². The van der Waals surface area contributed by atoms with E-state index in [-0.39, 0.29) is 5.97 Å². The first-order chi connectivity index (χ1) is 7.45. The normalized spacial score (nSPS) is 11.8. The zero-order valence-electron chi connectivity index (χ0n) is 10.3. The molecule has 0 unspecified atom stereocenters. The first kappa shape index (κ1) is 12.7. The maximum absolute atomic E-state index is 11.1. The molecule has 0 fully saturated rings. The number of ether oxygens (including phenoxy) is 1. The second kappa shape index (κ2) is 5.12. The predicted octanol–water partition coefficient (Wildman–Crippen LogP) is 2.18. The second-order valence-electron chi connectivity index (χ2n) is 4.44. The van der Waals surface area contributed by atoms with Crippen LogP contribution in [0, 0.1) is 6.92 Å². The Kier molecular flexibility index (Phi) is 4.07. The summed E-state index contributed by atoms with van der Waals surface area (Å²) in [5.74, 6) is -0.285. The lowest BCUT2D eigenvalue weighted by Crippen LogP contribution is -2.39. The summed E-state index contributed by atoms with van der Waals surface area (Å²) in [6, 6.07) is 8.50. The number of aryl methyl sites for hydroxylation is 1. The van der Waals surface area contributed by atoms with Crippen LogP contribution in [-0.2, 0) is 9.53 Å². The summed E-state index contributed by atoms with van der Waals surface area (Å²) in [5.41, 5.74) is 3.26. The van der Waals surface area contributed by atoms with Gasteiger partial charge in [0.2, 0.25) is 0 Å². The highest BCUT2D eigenvalue weighted by molar-refractivity contribution is 6.94. The van der Waals surface area contributed by atoms with E-state index in [0.29, 0.717) is 0 Å². The van der Waals surface area contributed by atoms with Gasteiger partial charge >= 0.3 is 5.97 Å². The zero-order chi connectivity index (χ0) is 12.2. The summed E-state index contributed by atoms with van der Waals surface area (Å²) in [6.07, 6.45) is 1.53. The van der Waals surface area contributed by atoms with Crippen LogP contribution < -0.4 is 5.19 Å². The van der Waals surface area contributed by atoms with E-state index in [9.17, 15) is 4.79 Å². The lowest BCUT2D eigenvalue weighted by molar-refractivity contribution is -0.134. The predicted molar refractivity (Wildman–Crippen MR) is 69.5 cm³/mol. The molecular formula is C13H18O2Si. The van der Waals surface area contributed by atoms with Crippen LogP contribution in [0.25, 0.3) is 0 Å². The number of benzene rings is 1. The van der Waals surface area contributed by atoms with Gasteiger partial charge < -0.3 is 4.74 Å². The van der Waals surface area contributed by atoms with Crippen molar-refractivity contribution in [1.82, 2.24) is 0 Å². The van der Waals surface area contributed by atoms with Crippen LogP contribution in [0.1, 0.15) is 5.56 Å². The third-order valence-electron chi connectivity index (χ3n) is 2.63. The van der Waals surface area contributed by atoms with E-state index in [2.05, 4.69) is 49.0 Å². The van der Waals surface area contributed by atoms with E-state index in [4.69, 9.17) is 0 Å². The fourth-order valence-electron chi connectivity index (χ4n) is 1.42. The molecular weight excluding hydrogens is 216 g/mol. The second-order valence-corrected chi connectivity index (χ2v) is 8.80. The lowest BCUT2D eigenvalue weighted by atomic mass is 10.2. The van der Waals surface area contributed by atoms with Crippen molar-refractivity contribution in [2.45, 2.75) is 20.0 Å². The van der Waals surface area contributed by atoms with Crippen molar-refractivity contribution in [2.75, 3.05) is 7.11 Å². The maximum Gasteiger partial charge on any atom is 0.329 e. The van der Waals surface area contributed by atoms with Crippen LogP contribution in [0.2, 0.25) is 13.1 Å². The number of methoxy groups -OCH3 is 1. The topological polar surface area (TPSA) is 26.3 Å². The van der Waals surface area contributed by atoms with Gasteiger partial charge in [0.1, 0.15) is 8.07 Å². The van der Waals surface area contributed by atoms with E-state index in [1.54, 1.807) is 0 Å². The fraction of sp³-hybridized carbons (Fsp3) is 0.308. The molecule has 0 saturated carbocycles. The summed E-state index contributed by atoms with van der Waals surface area (Å²) >= 11 is 0. The molecule has 0 bridgehead atoms. The minimum atomic E-state index is -1.66. The molecule has 0 atom stereocenters. The highest BCUT2D eigenvalue weighted by Gasteiger charge is 2.19. The molecule has 0 N–H and O–H groups in total. The zero-order valence-corrected chi connectivity index (χ0v) is 11.3. The largest absolute Gasteiger partial charge is 0.466 e. The van der Waals surface area contributed by atoms with Crippen molar-refractivity contribution in [1.29, 1.82) is 0 Å². The number of hydrogen-bond acceptors (Lipinski definition) is 2. The van der Waals surface area contributed by atoms with Crippen LogP contribution in [0.15, 0.2) is 36.0 Å². The van der Waals surface area contributed by atoms with Crippen LogP contribution in [-0.4, -0.2) is 21.2 Å². The molecule has 0 aromatic heterocycles. The van der Waals surface area contributed by atoms with Crippen LogP contribution in [0.3, 0.4) is 0 Å². The van der Waals surface area contributed by atoms with Crippen LogP contribution in [0.5, 0.6) is 0 Å². The lowest BCUT2D eigenvalue weighted by Gasteiger charge is -2.18. The Morgan fingerprint density at radius 1 is 1.25 bits per heavy atom. The van der Waals surface area contributed by atoms with Crippen LogP contribution in [0.4, 0.5) is 0 Å². The molecule has 0 aliphatic rings. The highest BCUT2D eigenvalue weighted by atomic mass is 28.3. The van der Waals surface area contributed by atoms with Gasteiger partial charge in [-0.25, -0.2) is 4.79 Å². The molecule has 0 aliphatic carbocycles. The van der Waals surface area contributed by atoms with Crippen molar-refractivity contribution < 1.29 is 9.53 Å². The molecule has 1 rings (SSSR count). The Hall–Kier alpha value is -1.35. The molecule has 86 valence electrons. The van der Waals surface area contributed by atoms with Gasteiger partial charge in [0, 0.05) is 6.08 Å². The molecule has 0 heterocycles. The quantitative estimate of drug-likeness (QED) is 0.455. The molecule has 0 radical (unpaired) electrons. The third-order valence-corrected chi connectivity index (χ3v) is 5.45. The molecule has 2 nitrogen and oxygen atoms in total. The first-order valence-corrected chi connectivity index (χ1v) is 8.38. The van der Waals surface area contributed by atoms with E-state index in [1.165, 1.54) is 23.9 Å². The standard InChI is InChI=1S/C13H18O2Si/c1-11-5-7-12(8-6-11)16(3,4)10-9-13(14)15-2/h5-10H,1-4H3/b10-9+. The number of rotatable bonds is 3. The molecule has 0 saturated heterocycles. The average Bonchev–Trinajstić information content (AvgIpc) is 2.26. The monoisotopic (exact) mass is 234 g/mol. The fourth-order valence-corrected chi connectivity index (χ4v) is 3.19. The Balaban J connectivity index is 2.89. The van der Waals surface area contributed by atoms with Crippen LogP contribution >= 0.6 is 0 Å². The smallest absolute Gasteiger partial charge is 0.329 e. The summed E-state index contributed by atoms with van der Waals surface area (Å²) in [4.78, 5) is 11.1. The van der Waals surface area contributed by atoms with Gasteiger partial charge in [-0.2, -0.15) is 0 Å². The van der Waals surface area contributed by atoms with E-state index < -0.39 is 8.07 Å². The van der Waals surface area contributed by atoms with Gasteiger partial charge in [0.15, 0.2) is 0 Å².